The molecule has 8 nitrogen and oxygen atoms in total. The second-order valence-corrected chi connectivity index (χ2v) is 5.25. The summed E-state index contributed by atoms with van der Waals surface area (Å²) in [4.78, 5) is 0. The Hall–Kier alpha value is -4.04. The molecule has 0 radical (unpaired) electrons. The van der Waals surface area contributed by atoms with Gasteiger partial charge in [0.05, 0.1) is 18.8 Å². The van der Waals surface area contributed by atoms with Crippen LogP contribution in [0, 0.1) is 22.7 Å². The Labute approximate surface area is 176 Å². The largest absolute Gasteiger partial charge is 0.498 e. The molecular weight excluding hydrogens is 388 g/mol. The van der Waals surface area contributed by atoms with Crippen molar-refractivity contribution in [1.82, 2.24) is 0 Å². The molecule has 158 valence electrons. The molecule has 0 heterocycles. The highest BCUT2D eigenvalue weighted by atomic mass is 16.6. The van der Waals surface area contributed by atoms with Crippen LogP contribution in [0.2, 0.25) is 0 Å². The first-order chi connectivity index (χ1) is 14.7. The maximum Gasteiger partial charge on any atom is 0.204 e. The Bertz CT molecular complexity index is 804. The quantitative estimate of drug-likeness (QED) is 0.230. The molecule has 0 fully saturated rings. The Morgan fingerprint density at radius 3 is 1.73 bits per heavy atom. The lowest BCUT2D eigenvalue weighted by Crippen LogP contribution is -2.11. The maximum absolute atomic E-state index is 9.10. The first-order valence-electron chi connectivity index (χ1n) is 8.96. The second kappa shape index (κ2) is 14.9. The topological polar surface area (TPSA) is 103 Å². The molecule has 0 bridgehead atoms. The Kier molecular flexibility index (Phi) is 12.0. The molecule has 0 aliphatic rings. The van der Waals surface area contributed by atoms with Gasteiger partial charge in [0.15, 0.2) is 11.5 Å². The molecule has 1 aromatic carbocycles. The third-order valence-corrected chi connectivity index (χ3v) is 3.35. The van der Waals surface area contributed by atoms with E-state index in [4.69, 9.17) is 38.9 Å². The fraction of sp³-hybridized carbons (Fsp3) is 0.273. The van der Waals surface area contributed by atoms with E-state index in [9.17, 15) is 0 Å². The molecule has 30 heavy (non-hydrogen) atoms. The van der Waals surface area contributed by atoms with E-state index in [0.29, 0.717) is 29.4 Å². The lowest BCUT2D eigenvalue weighted by atomic mass is 10.1. The molecule has 0 aromatic heterocycles. The van der Waals surface area contributed by atoms with Crippen molar-refractivity contribution in [2.24, 2.45) is 0 Å². The fourth-order valence-electron chi connectivity index (χ4n) is 2.15. The van der Waals surface area contributed by atoms with Crippen LogP contribution < -0.4 is 14.2 Å². The number of nitrogens with zero attached hydrogens (tertiary/aromatic N) is 2. The molecule has 0 unspecified atom stereocenters. The van der Waals surface area contributed by atoms with E-state index >= 15 is 0 Å². The van der Waals surface area contributed by atoms with Crippen LogP contribution in [0.1, 0.15) is 5.56 Å². The standard InChI is InChI=1S/C22H24N2O6/c1-4-25-9-12-28-20-8-7-19(15-18(16-23)17-24)21(29-13-10-26-5-2)22(20)30-14-11-27-6-3/h4-8,15H,1-3,9-14H2. The van der Waals surface area contributed by atoms with Crippen molar-refractivity contribution in [3.8, 4) is 29.4 Å². The summed E-state index contributed by atoms with van der Waals surface area (Å²) in [5.74, 6) is 0.990. The minimum Gasteiger partial charge on any atom is -0.498 e. The predicted molar refractivity (Wildman–Crippen MR) is 111 cm³/mol. The Balaban J connectivity index is 3.28. The zero-order valence-corrected chi connectivity index (χ0v) is 16.7. The molecule has 1 aromatic rings. The third-order valence-electron chi connectivity index (χ3n) is 3.35. The molecule has 0 saturated carbocycles. The van der Waals surface area contributed by atoms with Crippen LogP contribution in [-0.2, 0) is 14.2 Å². The van der Waals surface area contributed by atoms with Gasteiger partial charge in [-0.15, -0.1) is 0 Å². The molecular formula is C22H24N2O6. The number of rotatable bonds is 16. The molecule has 0 amide bonds. The monoisotopic (exact) mass is 412 g/mol. The molecule has 0 spiro atoms. The van der Waals surface area contributed by atoms with Gasteiger partial charge in [0.1, 0.15) is 57.4 Å². The zero-order chi connectivity index (χ0) is 22.0. The van der Waals surface area contributed by atoms with Gasteiger partial charge < -0.3 is 28.4 Å². The van der Waals surface area contributed by atoms with Crippen molar-refractivity contribution in [2.45, 2.75) is 0 Å². The summed E-state index contributed by atoms with van der Waals surface area (Å²) in [5, 5.41) is 18.2. The van der Waals surface area contributed by atoms with Gasteiger partial charge in [0.2, 0.25) is 5.75 Å². The lowest BCUT2D eigenvalue weighted by molar-refractivity contribution is 0.149. The zero-order valence-electron chi connectivity index (χ0n) is 16.7. The predicted octanol–water partition coefficient (Wildman–Crippen LogP) is 3.73. The van der Waals surface area contributed by atoms with Crippen LogP contribution in [0.3, 0.4) is 0 Å². The highest BCUT2D eigenvalue weighted by Crippen LogP contribution is 2.41. The third kappa shape index (κ3) is 8.32. The summed E-state index contributed by atoms with van der Waals surface area (Å²) in [5.41, 5.74) is 0.386. The highest BCUT2D eigenvalue weighted by Gasteiger charge is 2.18. The van der Waals surface area contributed by atoms with Crippen LogP contribution >= 0.6 is 0 Å². The summed E-state index contributed by atoms with van der Waals surface area (Å²) in [6, 6.07) is 6.96. The maximum atomic E-state index is 9.10. The van der Waals surface area contributed by atoms with Gasteiger partial charge in [-0.3, -0.25) is 0 Å². The Morgan fingerprint density at radius 1 is 0.733 bits per heavy atom. The van der Waals surface area contributed by atoms with Crippen LogP contribution in [0.4, 0.5) is 0 Å². The second-order valence-electron chi connectivity index (χ2n) is 5.25. The van der Waals surface area contributed by atoms with Crippen molar-refractivity contribution in [3.05, 3.63) is 61.8 Å². The molecule has 0 saturated heterocycles. The van der Waals surface area contributed by atoms with Crippen molar-refractivity contribution in [2.75, 3.05) is 39.6 Å². The van der Waals surface area contributed by atoms with E-state index in [1.54, 1.807) is 12.1 Å². The first kappa shape index (κ1) is 24.0. The van der Waals surface area contributed by atoms with E-state index in [2.05, 4.69) is 19.7 Å². The van der Waals surface area contributed by atoms with E-state index < -0.39 is 0 Å². The van der Waals surface area contributed by atoms with Gasteiger partial charge in [-0.25, -0.2) is 0 Å². The molecule has 8 heteroatoms. The molecule has 0 atom stereocenters. The van der Waals surface area contributed by atoms with Gasteiger partial charge in [-0.2, -0.15) is 10.5 Å². The minimum absolute atomic E-state index is 0.0869. The molecule has 0 aliphatic heterocycles. The lowest BCUT2D eigenvalue weighted by Gasteiger charge is -2.19. The number of allylic oxidation sites excluding steroid dienone is 1. The van der Waals surface area contributed by atoms with Crippen molar-refractivity contribution in [1.29, 1.82) is 10.5 Å². The van der Waals surface area contributed by atoms with E-state index in [-0.39, 0.29) is 38.6 Å². The average Bonchev–Trinajstić information content (AvgIpc) is 2.77. The number of nitriles is 2. The van der Waals surface area contributed by atoms with Gasteiger partial charge in [-0.1, -0.05) is 19.7 Å². The number of benzene rings is 1. The summed E-state index contributed by atoms with van der Waals surface area (Å²) in [6.45, 7) is 11.8. The van der Waals surface area contributed by atoms with Crippen molar-refractivity contribution in [3.63, 3.8) is 0 Å². The first-order valence-corrected chi connectivity index (χ1v) is 8.96. The number of hydrogen-bond acceptors (Lipinski definition) is 8. The molecule has 0 aliphatic carbocycles. The van der Waals surface area contributed by atoms with Crippen LogP contribution in [0.25, 0.3) is 6.08 Å². The number of ether oxygens (including phenoxy) is 6. The summed E-state index contributed by atoms with van der Waals surface area (Å²) in [7, 11) is 0. The van der Waals surface area contributed by atoms with E-state index in [1.165, 1.54) is 24.9 Å². The number of hydrogen-bond donors (Lipinski definition) is 0. The van der Waals surface area contributed by atoms with Crippen molar-refractivity contribution < 1.29 is 28.4 Å². The van der Waals surface area contributed by atoms with E-state index in [1.807, 2.05) is 12.1 Å². The highest BCUT2D eigenvalue weighted by molar-refractivity contribution is 5.71. The van der Waals surface area contributed by atoms with Crippen LogP contribution in [0.15, 0.2) is 56.2 Å². The SMILES string of the molecule is C=COCCOc1ccc(C=C(C#N)C#N)c(OCCOC=C)c1OCCOC=C. The fourth-order valence-corrected chi connectivity index (χ4v) is 2.15. The summed E-state index contributed by atoms with van der Waals surface area (Å²) < 4.78 is 32.6. The van der Waals surface area contributed by atoms with Crippen molar-refractivity contribution >= 4 is 6.08 Å². The minimum atomic E-state index is -0.0869. The van der Waals surface area contributed by atoms with Gasteiger partial charge >= 0.3 is 0 Å². The summed E-state index contributed by atoms with van der Waals surface area (Å²) in [6.07, 6.45) is 5.33. The molecule has 0 N–H and O–H groups in total. The van der Waals surface area contributed by atoms with Gasteiger partial charge in [-0.05, 0) is 18.2 Å². The smallest absolute Gasteiger partial charge is 0.204 e. The van der Waals surface area contributed by atoms with Crippen LogP contribution in [0.5, 0.6) is 17.2 Å². The van der Waals surface area contributed by atoms with Gasteiger partial charge in [0, 0.05) is 5.56 Å². The summed E-state index contributed by atoms with van der Waals surface area (Å²) >= 11 is 0. The molecule has 1 rings (SSSR count). The Morgan fingerprint density at radius 2 is 1.23 bits per heavy atom. The van der Waals surface area contributed by atoms with Gasteiger partial charge in [0.25, 0.3) is 0 Å². The average molecular weight is 412 g/mol. The van der Waals surface area contributed by atoms with E-state index in [0.717, 1.165) is 0 Å². The normalized spacial score (nSPS) is 9.13. The van der Waals surface area contributed by atoms with Crippen LogP contribution in [-0.4, -0.2) is 39.6 Å².